The molecular formula is C16H21FO3S. The molecule has 1 aromatic carbocycles. The summed E-state index contributed by atoms with van der Waals surface area (Å²) < 4.78 is 25.4. The van der Waals surface area contributed by atoms with E-state index in [2.05, 4.69) is 0 Å². The average Bonchev–Trinajstić information content (AvgIpc) is 2.88. The summed E-state index contributed by atoms with van der Waals surface area (Å²) in [6.07, 6.45) is 2.11. The van der Waals surface area contributed by atoms with Crippen LogP contribution in [-0.2, 0) is 4.74 Å². The topological polar surface area (TPSA) is 38.7 Å². The minimum atomic E-state index is -0.744. The second kappa shape index (κ2) is 6.15. The summed E-state index contributed by atoms with van der Waals surface area (Å²) >= 11 is 1.93. The molecule has 0 radical (unpaired) electrons. The molecule has 0 bridgehead atoms. The molecule has 0 aliphatic carbocycles. The van der Waals surface area contributed by atoms with Crippen LogP contribution in [0.3, 0.4) is 0 Å². The van der Waals surface area contributed by atoms with E-state index in [1.807, 2.05) is 11.8 Å². The Hall–Kier alpha value is -0.780. The van der Waals surface area contributed by atoms with Crippen LogP contribution in [0.4, 0.5) is 4.39 Å². The molecule has 1 aromatic rings. The molecule has 3 atom stereocenters. The van der Waals surface area contributed by atoms with Crippen LogP contribution in [0, 0.1) is 5.82 Å². The smallest absolute Gasteiger partial charge is 0.125 e. The van der Waals surface area contributed by atoms with E-state index in [-0.39, 0.29) is 17.5 Å². The molecule has 2 fully saturated rings. The molecule has 2 unspecified atom stereocenters. The number of aliphatic hydroxyl groups is 1. The summed E-state index contributed by atoms with van der Waals surface area (Å²) in [6, 6.07) is 4.34. The van der Waals surface area contributed by atoms with Crippen molar-refractivity contribution in [2.45, 2.75) is 44.0 Å². The lowest BCUT2D eigenvalue weighted by atomic mass is 9.91. The molecule has 2 aliphatic rings. The lowest BCUT2D eigenvalue weighted by Gasteiger charge is -2.38. The van der Waals surface area contributed by atoms with Crippen molar-refractivity contribution in [3.63, 3.8) is 0 Å². The number of benzene rings is 1. The fourth-order valence-corrected chi connectivity index (χ4v) is 4.46. The number of halogens is 1. The van der Waals surface area contributed by atoms with Crippen molar-refractivity contribution in [2.75, 3.05) is 18.1 Å². The largest absolute Gasteiger partial charge is 0.490 e. The van der Waals surface area contributed by atoms with Crippen LogP contribution in [0.15, 0.2) is 18.2 Å². The highest BCUT2D eigenvalue weighted by atomic mass is 32.2. The van der Waals surface area contributed by atoms with Gasteiger partial charge >= 0.3 is 0 Å². The molecule has 21 heavy (non-hydrogen) atoms. The summed E-state index contributed by atoms with van der Waals surface area (Å²) in [7, 11) is 0. The highest BCUT2D eigenvalue weighted by Gasteiger charge is 2.41. The van der Waals surface area contributed by atoms with Crippen LogP contribution < -0.4 is 4.74 Å². The van der Waals surface area contributed by atoms with E-state index in [4.69, 9.17) is 9.47 Å². The van der Waals surface area contributed by atoms with E-state index >= 15 is 0 Å². The van der Waals surface area contributed by atoms with Gasteiger partial charge in [0, 0.05) is 24.2 Å². The first-order valence-corrected chi connectivity index (χ1v) is 8.59. The zero-order valence-corrected chi connectivity index (χ0v) is 13.0. The molecule has 116 valence electrons. The first-order valence-electron chi connectivity index (χ1n) is 7.44. The molecule has 3 rings (SSSR count). The van der Waals surface area contributed by atoms with Gasteiger partial charge in [-0.3, -0.25) is 0 Å². The lowest BCUT2D eigenvalue weighted by molar-refractivity contribution is -0.0962. The minimum absolute atomic E-state index is 0.0430. The number of aliphatic hydroxyl groups excluding tert-OH is 1. The molecule has 2 saturated heterocycles. The standard InChI is InChI=1S/C16H21FO3S/c1-11(18)14-8-12(17)2-3-15(14)20-13-4-6-19-16(9-13)5-7-21-10-16/h2-3,8,11,13,18H,4-7,9-10H2,1H3/t11-,13?,16?/m1/s1. The quantitative estimate of drug-likeness (QED) is 0.929. The number of thioether (sulfide) groups is 1. The Morgan fingerprint density at radius 2 is 2.38 bits per heavy atom. The Morgan fingerprint density at radius 1 is 1.52 bits per heavy atom. The van der Waals surface area contributed by atoms with Crippen molar-refractivity contribution in [1.29, 1.82) is 0 Å². The normalized spacial score (nSPS) is 30.5. The molecule has 2 heterocycles. The number of hydrogen-bond donors (Lipinski definition) is 1. The first-order chi connectivity index (χ1) is 10.1. The van der Waals surface area contributed by atoms with E-state index in [1.165, 1.54) is 12.1 Å². The summed E-state index contributed by atoms with van der Waals surface area (Å²) in [5.74, 6) is 2.40. The summed E-state index contributed by atoms with van der Waals surface area (Å²) in [6.45, 7) is 2.33. The highest BCUT2D eigenvalue weighted by molar-refractivity contribution is 7.99. The van der Waals surface area contributed by atoms with Gasteiger partial charge in [-0.05, 0) is 37.3 Å². The SMILES string of the molecule is C[C@@H](O)c1cc(F)ccc1OC1CCOC2(CCSC2)C1. The van der Waals surface area contributed by atoms with E-state index in [1.54, 1.807) is 13.0 Å². The van der Waals surface area contributed by atoms with Gasteiger partial charge in [-0.15, -0.1) is 0 Å². The van der Waals surface area contributed by atoms with Crippen molar-refractivity contribution in [3.05, 3.63) is 29.6 Å². The Labute approximate surface area is 128 Å². The Bertz CT molecular complexity index is 500. The van der Waals surface area contributed by atoms with Crippen molar-refractivity contribution < 1.29 is 19.0 Å². The molecule has 0 amide bonds. The molecule has 5 heteroatoms. The van der Waals surface area contributed by atoms with E-state index in [0.717, 1.165) is 30.8 Å². The Balaban J connectivity index is 1.74. The van der Waals surface area contributed by atoms with Crippen molar-refractivity contribution >= 4 is 11.8 Å². The van der Waals surface area contributed by atoms with Gasteiger partial charge in [0.15, 0.2) is 0 Å². The lowest BCUT2D eigenvalue weighted by Crippen LogP contribution is -2.43. The fraction of sp³-hybridized carbons (Fsp3) is 0.625. The maximum absolute atomic E-state index is 13.3. The molecule has 2 aliphatic heterocycles. The van der Waals surface area contributed by atoms with Crippen LogP contribution >= 0.6 is 11.8 Å². The van der Waals surface area contributed by atoms with Gasteiger partial charge in [0.2, 0.25) is 0 Å². The molecule has 3 nitrogen and oxygen atoms in total. The molecule has 1 N–H and O–H groups in total. The van der Waals surface area contributed by atoms with E-state index in [0.29, 0.717) is 17.9 Å². The fourth-order valence-electron chi connectivity index (χ4n) is 3.08. The number of ether oxygens (including phenoxy) is 2. The second-order valence-electron chi connectivity index (χ2n) is 5.92. The zero-order chi connectivity index (χ0) is 14.9. The van der Waals surface area contributed by atoms with Gasteiger partial charge in [0.1, 0.15) is 17.7 Å². The predicted molar refractivity (Wildman–Crippen MR) is 81.3 cm³/mol. The van der Waals surface area contributed by atoms with Crippen molar-refractivity contribution in [3.8, 4) is 5.75 Å². The van der Waals surface area contributed by atoms with Gasteiger partial charge < -0.3 is 14.6 Å². The zero-order valence-electron chi connectivity index (χ0n) is 12.2. The minimum Gasteiger partial charge on any atom is -0.490 e. The van der Waals surface area contributed by atoms with Crippen molar-refractivity contribution in [1.82, 2.24) is 0 Å². The average molecular weight is 312 g/mol. The summed E-state index contributed by atoms with van der Waals surface area (Å²) in [5.41, 5.74) is 0.467. The molecular weight excluding hydrogens is 291 g/mol. The molecule has 0 aromatic heterocycles. The Kier molecular flexibility index (Phi) is 4.43. The van der Waals surface area contributed by atoms with E-state index < -0.39 is 6.10 Å². The molecule has 0 saturated carbocycles. The predicted octanol–water partition coefficient (Wildman–Crippen LogP) is 3.31. The van der Waals surface area contributed by atoms with Gasteiger partial charge in [-0.25, -0.2) is 4.39 Å². The van der Waals surface area contributed by atoms with Gasteiger partial charge in [0.05, 0.1) is 18.3 Å². The van der Waals surface area contributed by atoms with Gasteiger partial charge in [0.25, 0.3) is 0 Å². The highest BCUT2D eigenvalue weighted by Crippen LogP contribution is 2.40. The number of rotatable bonds is 3. The maximum Gasteiger partial charge on any atom is 0.125 e. The monoisotopic (exact) mass is 312 g/mol. The maximum atomic E-state index is 13.3. The first kappa shape index (κ1) is 15.1. The third kappa shape index (κ3) is 3.35. The Morgan fingerprint density at radius 3 is 3.10 bits per heavy atom. The summed E-state index contributed by atoms with van der Waals surface area (Å²) in [4.78, 5) is 0. The van der Waals surface area contributed by atoms with Crippen LogP contribution in [-0.4, -0.2) is 34.9 Å². The number of hydrogen-bond acceptors (Lipinski definition) is 4. The van der Waals surface area contributed by atoms with E-state index in [9.17, 15) is 9.50 Å². The second-order valence-corrected chi connectivity index (χ2v) is 7.03. The van der Waals surface area contributed by atoms with Gasteiger partial charge in [-0.2, -0.15) is 11.8 Å². The van der Waals surface area contributed by atoms with Gasteiger partial charge in [-0.1, -0.05) is 0 Å². The van der Waals surface area contributed by atoms with Crippen LogP contribution in [0.5, 0.6) is 5.75 Å². The molecule has 1 spiro atoms. The summed E-state index contributed by atoms with van der Waals surface area (Å²) in [5, 5.41) is 9.79. The van der Waals surface area contributed by atoms with Crippen LogP contribution in [0.2, 0.25) is 0 Å². The van der Waals surface area contributed by atoms with Crippen LogP contribution in [0.1, 0.15) is 37.9 Å². The third-order valence-electron chi connectivity index (χ3n) is 4.23. The van der Waals surface area contributed by atoms with Crippen molar-refractivity contribution in [2.24, 2.45) is 0 Å². The van der Waals surface area contributed by atoms with Crippen LogP contribution in [0.25, 0.3) is 0 Å². The third-order valence-corrected chi connectivity index (χ3v) is 5.45.